The van der Waals surface area contributed by atoms with E-state index in [1.165, 1.54) is 35.6 Å². The Labute approximate surface area is 176 Å². The predicted octanol–water partition coefficient (Wildman–Crippen LogP) is 6.58. The fourth-order valence-electron chi connectivity index (χ4n) is 2.88. The van der Waals surface area contributed by atoms with Crippen LogP contribution in [0.5, 0.6) is 0 Å². The molecule has 0 spiro atoms. The van der Waals surface area contributed by atoms with Gasteiger partial charge in [-0.25, -0.2) is 14.4 Å². The Morgan fingerprint density at radius 3 is 2.23 bits per heavy atom. The maximum absolute atomic E-state index is 13.1. The van der Waals surface area contributed by atoms with Crippen LogP contribution in [0.4, 0.5) is 15.2 Å². The van der Waals surface area contributed by atoms with E-state index in [4.69, 9.17) is 0 Å². The number of hydrogen-bond donors (Lipinski definition) is 0. The number of aromatic nitrogens is 1. The van der Waals surface area contributed by atoms with E-state index in [1.54, 1.807) is 30.5 Å². The van der Waals surface area contributed by atoms with Gasteiger partial charge in [-0.15, -0.1) is 0 Å². The van der Waals surface area contributed by atoms with E-state index in [9.17, 15) is 14.5 Å². The number of aryl methyl sites for hydroxylation is 1. The van der Waals surface area contributed by atoms with Crippen LogP contribution in [-0.2, 0) is 0 Å². The highest BCUT2D eigenvalue weighted by molar-refractivity contribution is 7.19. The molecule has 1 heterocycles. The van der Waals surface area contributed by atoms with E-state index >= 15 is 0 Å². The smallest absolute Gasteiger partial charge is 0.258 e. The summed E-state index contributed by atoms with van der Waals surface area (Å²) in [5, 5.41) is 11.5. The minimum absolute atomic E-state index is 0.0368. The third kappa shape index (κ3) is 4.31. The zero-order chi connectivity index (χ0) is 21.1. The van der Waals surface area contributed by atoms with Crippen LogP contribution in [0, 0.1) is 22.9 Å². The van der Waals surface area contributed by atoms with Crippen molar-refractivity contribution in [1.82, 2.24) is 4.98 Å². The maximum atomic E-state index is 13.1. The summed E-state index contributed by atoms with van der Waals surface area (Å²) in [6.07, 6.45) is 1.64. The lowest BCUT2D eigenvalue weighted by molar-refractivity contribution is -0.384. The van der Waals surface area contributed by atoms with Gasteiger partial charge < -0.3 is 0 Å². The normalized spacial score (nSPS) is 11.1. The van der Waals surface area contributed by atoms with Gasteiger partial charge >= 0.3 is 0 Å². The van der Waals surface area contributed by atoms with Crippen molar-refractivity contribution >= 4 is 28.4 Å². The van der Waals surface area contributed by atoms with Gasteiger partial charge in [-0.3, -0.25) is 10.1 Å². The minimum Gasteiger partial charge on any atom is -0.258 e. The van der Waals surface area contributed by atoms with Crippen LogP contribution in [0.1, 0.15) is 11.1 Å². The Kier molecular flexibility index (Phi) is 5.45. The third-order valence-electron chi connectivity index (χ3n) is 4.48. The molecule has 0 radical (unpaired) electrons. The molecule has 5 nitrogen and oxygen atoms in total. The quantitative estimate of drug-likeness (QED) is 0.209. The Hall–Kier alpha value is -3.71. The zero-order valence-electron chi connectivity index (χ0n) is 15.9. The van der Waals surface area contributed by atoms with Crippen molar-refractivity contribution in [3.8, 4) is 21.7 Å². The van der Waals surface area contributed by atoms with Crippen LogP contribution in [0.25, 0.3) is 21.7 Å². The summed E-state index contributed by atoms with van der Waals surface area (Å²) in [6.45, 7) is 2.01. The average Bonchev–Trinajstić information content (AvgIpc) is 3.18. The van der Waals surface area contributed by atoms with Gasteiger partial charge in [0.05, 0.1) is 15.5 Å². The summed E-state index contributed by atoms with van der Waals surface area (Å²) in [5.74, 6) is -0.302. The number of halogens is 1. The fourth-order valence-corrected chi connectivity index (χ4v) is 3.82. The van der Waals surface area contributed by atoms with Crippen molar-refractivity contribution in [3.05, 3.63) is 99.9 Å². The minimum atomic E-state index is -0.421. The first-order chi connectivity index (χ1) is 14.5. The van der Waals surface area contributed by atoms with Gasteiger partial charge in [0.2, 0.25) is 5.13 Å². The number of nitro benzene ring substituents is 1. The molecule has 4 aromatic rings. The van der Waals surface area contributed by atoms with Crippen molar-refractivity contribution in [2.24, 2.45) is 4.99 Å². The number of hydrogen-bond acceptors (Lipinski definition) is 5. The molecule has 0 unspecified atom stereocenters. The van der Waals surface area contributed by atoms with E-state index < -0.39 is 4.92 Å². The van der Waals surface area contributed by atoms with Crippen molar-refractivity contribution < 1.29 is 9.31 Å². The zero-order valence-corrected chi connectivity index (χ0v) is 16.8. The molecule has 0 aliphatic carbocycles. The molecule has 0 saturated carbocycles. The van der Waals surface area contributed by atoms with E-state index in [2.05, 4.69) is 9.98 Å². The van der Waals surface area contributed by atoms with Crippen molar-refractivity contribution in [2.75, 3.05) is 0 Å². The molecule has 0 N–H and O–H groups in total. The van der Waals surface area contributed by atoms with Crippen LogP contribution in [0.3, 0.4) is 0 Å². The predicted molar refractivity (Wildman–Crippen MR) is 118 cm³/mol. The summed E-state index contributed by atoms with van der Waals surface area (Å²) in [7, 11) is 0. The van der Waals surface area contributed by atoms with Crippen LogP contribution >= 0.6 is 11.3 Å². The molecule has 3 aromatic carbocycles. The lowest BCUT2D eigenvalue weighted by atomic mass is 10.1. The first-order valence-corrected chi connectivity index (χ1v) is 9.93. The monoisotopic (exact) mass is 417 g/mol. The van der Waals surface area contributed by atoms with Gasteiger partial charge in [0.1, 0.15) is 5.82 Å². The summed E-state index contributed by atoms with van der Waals surface area (Å²) < 4.78 is 13.1. The van der Waals surface area contributed by atoms with Crippen molar-refractivity contribution in [2.45, 2.75) is 6.92 Å². The first kappa shape index (κ1) is 19.6. The molecule has 0 bridgehead atoms. The molecule has 148 valence electrons. The molecule has 0 aliphatic heterocycles. The summed E-state index contributed by atoms with van der Waals surface area (Å²) >= 11 is 1.40. The van der Waals surface area contributed by atoms with Gasteiger partial charge in [-0.1, -0.05) is 53.3 Å². The molecular weight excluding hydrogens is 401 g/mol. The highest BCUT2D eigenvalue weighted by Crippen LogP contribution is 2.40. The number of rotatable bonds is 5. The Balaban J connectivity index is 1.75. The van der Waals surface area contributed by atoms with E-state index in [-0.39, 0.29) is 11.5 Å². The number of nitrogens with zero attached hydrogens (tertiary/aromatic N) is 3. The number of thiazole rings is 1. The molecule has 0 atom stereocenters. The Bertz CT molecular complexity index is 1220. The fraction of sp³-hybridized carbons (Fsp3) is 0.0435. The summed E-state index contributed by atoms with van der Waals surface area (Å²) in [5.41, 5.74) is 4.47. The van der Waals surface area contributed by atoms with Crippen LogP contribution < -0.4 is 0 Å². The molecule has 0 fully saturated rings. The number of aliphatic imine (C=N–C) groups is 1. The first-order valence-electron chi connectivity index (χ1n) is 9.12. The second kappa shape index (κ2) is 8.34. The van der Waals surface area contributed by atoms with Crippen LogP contribution in [-0.4, -0.2) is 16.1 Å². The molecule has 0 saturated heterocycles. The van der Waals surface area contributed by atoms with Gasteiger partial charge in [0.15, 0.2) is 0 Å². The Morgan fingerprint density at radius 2 is 1.60 bits per heavy atom. The lowest BCUT2D eigenvalue weighted by Gasteiger charge is -2.03. The highest BCUT2D eigenvalue weighted by atomic mass is 32.1. The molecule has 30 heavy (non-hydrogen) atoms. The molecule has 1 aromatic heterocycles. The second-order valence-corrected chi connectivity index (χ2v) is 7.63. The van der Waals surface area contributed by atoms with Gasteiger partial charge in [-0.2, -0.15) is 0 Å². The molecule has 0 aliphatic rings. The van der Waals surface area contributed by atoms with Gasteiger partial charge in [-0.05, 0) is 42.3 Å². The lowest BCUT2D eigenvalue weighted by Crippen LogP contribution is -1.87. The second-order valence-electron chi connectivity index (χ2n) is 6.65. The summed E-state index contributed by atoms with van der Waals surface area (Å²) in [4.78, 5) is 20.6. The van der Waals surface area contributed by atoms with E-state index in [1.807, 2.05) is 31.2 Å². The highest BCUT2D eigenvalue weighted by Gasteiger charge is 2.16. The Morgan fingerprint density at radius 1 is 0.967 bits per heavy atom. The molecular formula is C23H16FN3O2S. The number of benzene rings is 3. The van der Waals surface area contributed by atoms with Crippen LogP contribution in [0.15, 0.2) is 77.8 Å². The van der Waals surface area contributed by atoms with Gasteiger partial charge in [0, 0.05) is 23.9 Å². The molecule has 4 rings (SSSR count). The topological polar surface area (TPSA) is 68.4 Å². The third-order valence-corrected chi connectivity index (χ3v) is 5.49. The number of non-ortho nitro benzene ring substituents is 1. The van der Waals surface area contributed by atoms with Crippen LogP contribution in [0.2, 0.25) is 0 Å². The summed E-state index contributed by atoms with van der Waals surface area (Å²) in [6, 6.07) is 20.4. The average molecular weight is 417 g/mol. The largest absolute Gasteiger partial charge is 0.269 e. The van der Waals surface area contributed by atoms with Gasteiger partial charge in [0.25, 0.3) is 5.69 Å². The van der Waals surface area contributed by atoms with Crippen molar-refractivity contribution in [3.63, 3.8) is 0 Å². The number of nitro groups is 1. The van der Waals surface area contributed by atoms with E-state index in [0.29, 0.717) is 5.13 Å². The van der Waals surface area contributed by atoms with E-state index in [0.717, 1.165) is 32.8 Å². The maximum Gasteiger partial charge on any atom is 0.269 e. The molecule has 7 heteroatoms. The standard InChI is InChI=1S/C23H16FN3O2S/c1-15-2-6-17(7-3-15)21-22(18-8-12-20(13-9-18)27(28)29)30-23(26-21)25-14-16-4-10-19(24)11-5-16/h2-14H,1H3. The van der Waals surface area contributed by atoms with Crippen molar-refractivity contribution in [1.29, 1.82) is 0 Å². The SMILES string of the molecule is Cc1ccc(-c2nc(N=Cc3ccc(F)cc3)sc2-c2ccc([N+](=O)[O-])cc2)cc1. The molecule has 0 amide bonds.